The predicted octanol–water partition coefficient (Wildman–Crippen LogP) is 0.0971. The van der Waals surface area contributed by atoms with Gasteiger partial charge in [0, 0.05) is 4.91 Å². The molecule has 0 aliphatic rings. The van der Waals surface area contributed by atoms with Gasteiger partial charge in [-0.05, 0) is 5.53 Å². The summed E-state index contributed by atoms with van der Waals surface area (Å²) < 4.78 is 0. The Morgan fingerprint density at radius 1 is 1.90 bits per heavy atom. The lowest BCUT2D eigenvalue weighted by atomic mass is 10.2. The number of aliphatic carboxylic acids is 1. The van der Waals surface area contributed by atoms with Crippen molar-refractivity contribution in [3.63, 3.8) is 0 Å². The molecule has 0 amide bonds. The molecule has 6 nitrogen and oxygen atoms in total. The van der Waals surface area contributed by atoms with Crippen molar-refractivity contribution in [3.05, 3.63) is 10.4 Å². The number of carbonyl (C=O) groups is 1. The first-order valence-corrected chi connectivity index (χ1v) is 2.62. The zero-order chi connectivity index (χ0) is 8.15. The Bertz CT molecular complexity index is 168. The molecule has 0 rings (SSSR count). The van der Waals surface area contributed by atoms with Crippen LogP contribution in [0.3, 0.4) is 0 Å². The van der Waals surface area contributed by atoms with Gasteiger partial charge in [0.25, 0.3) is 0 Å². The first kappa shape index (κ1) is 8.74. The van der Waals surface area contributed by atoms with Gasteiger partial charge >= 0.3 is 5.97 Å². The second-order valence-corrected chi connectivity index (χ2v) is 1.81. The highest BCUT2D eigenvalue weighted by Gasteiger charge is 2.17. The van der Waals surface area contributed by atoms with E-state index in [1.807, 2.05) is 0 Å². The molecular weight excluding hydrogens is 136 g/mol. The SMILES string of the molecule is C[C@H](N=[N+]=[N-])[C@H](N)C(=O)O. The van der Waals surface area contributed by atoms with Crippen molar-refractivity contribution >= 4 is 5.97 Å². The second kappa shape index (κ2) is 3.71. The van der Waals surface area contributed by atoms with Crippen LogP contribution in [0, 0.1) is 0 Å². The van der Waals surface area contributed by atoms with E-state index in [0.29, 0.717) is 0 Å². The number of azide groups is 1. The van der Waals surface area contributed by atoms with Gasteiger partial charge in [-0.25, -0.2) is 0 Å². The number of nitrogens with zero attached hydrogens (tertiary/aromatic N) is 3. The zero-order valence-corrected chi connectivity index (χ0v) is 5.43. The van der Waals surface area contributed by atoms with Crippen LogP contribution in [0.25, 0.3) is 10.4 Å². The predicted molar refractivity (Wildman–Crippen MR) is 34.2 cm³/mol. The molecule has 0 aromatic carbocycles. The van der Waals surface area contributed by atoms with E-state index in [1.54, 1.807) is 0 Å². The normalized spacial score (nSPS) is 15.0. The summed E-state index contributed by atoms with van der Waals surface area (Å²) in [5, 5.41) is 11.4. The summed E-state index contributed by atoms with van der Waals surface area (Å²) >= 11 is 0. The van der Waals surface area contributed by atoms with Crippen molar-refractivity contribution in [2.75, 3.05) is 0 Å². The van der Waals surface area contributed by atoms with E-state index in [-0.39, 0.29) is 0 Å². The van der Waals surface area contributed by atoms with Gasteiger partial charge in [-0.1, -0.05) is 12.0 Å². The molecule has 0 radical (unpaired) electrons. The third-order valence-electron chi connectivity index (χ3n) is 1.04. The van der Waals surface area contributed by atoms with Crippen LogP contribution in [0.5, 0.6) is 0 Å². The van der Waals surface area contributed by atoms with E-state index in [0.717, 1.165) is 0 Å². The molecule has 0 saturated heterocycles. The van der Waals surface area contributed by atoms with E-state index in [9.17, 15) is 4.79 Å². The molecule has 56 valence electrons. The second-order valence-electron chi connectivity index (χ2n) is 1.81. The summed E-state index contributed by atoms with van der Waals surface area (Å²) in [6.45, 7) is 1.44. The minimum atomic E-state index is -1.17. The summed E-state index contributed by atoms with van der Waals surface area (Å²) in [5.41, 5.74) is 13.0. The molecule has 2 atom stereocenters. The number of carboxylic acid groups (broad SMARTS) is 1. The van der Waals surface area contributed by atoms with Crippen molar-refractivity contribution in [3.8, 4) is 0 Å². The fourth-order valence-corrected chi connectivity index (χ4v) is 0.360. The summed E-state index contributed by atoms with van der Waals surface area (Å²) in [4.78, 5) is 12.5. The van der Waals surface area contributed by atoms with Crippen LogP contribution >= 0.6 is 0 Å². The minimum Gasteiger partial charge on any atom is -0.480 e. The molecule has 0 aromatic heterocycles. The highest BCUT2D eigenvalue weighted by Crippen LogP contribution is 1.94. The van der Waals surface area contributed by atoms with Gasteiger partial charge in [-0.15, -0.1) is 0 Å². The molecule has 0 saturated carbocycles. The first-order valence-electron chi connectivity index (χ1n) is 2.62. The topological polar surface area (TPSA) is 112 Å². The zero-order valence-electron chi connectivity index (χ0n) is 5.43. The average molecular weight is 144 g/mol. The minimum absolute atomic E-state index is 0.706. The number of nitrogens with two attached hydrogens (primary N) is 1. The summed E-state index contributed by atoms with van der Waals surface area (Å²) in [6.07, 6.45) is 0. The smallest absolute Gasteiger partial charge is 0.320 e. The Morgan fingerprint density at radius 2 is 2.40 bits per heavy atom. The molecule has 0 aromatic rings. The van der Waals surface area contributed by atoms with Gasteiger partial charge in [0.2, 0.25) is 0 Å². The maximum Gasteiger partial charge on any atom is 0.320 e. The molecule has 0 spiro atoms. The molecule has 0 fully saturated rings. The number of carboxylic acids is 1. The fraction of sp³-hybridized carbons (Fsp3) is 0.750. The van der Waals surface area contributed by atoms with Crippen LogP contribution in [0.4, 0.5) is 0 Å². The Kier molecular flexibility index (Phi) is 3.24. The van der Waals surface area contributed by atoms with Crippen LogP contribution in [0.2, 0.25) is 0 Å². The van der Waals surface area contributed by atoms with Crippen molar-refractivity contribution in [2.24, 2.45) is 10.8 Å². The Hall–Kier alpha value is -1.26. The van der Waals surface area contributed by atoms with Crippen molar-refractivity contribution in [2.45, 2.75) is 19.0 Å². The van der Waals surface area contributed by atoms with E-state index in [4.69, 9.17) is 16.4 Å². The van der Waals surface area contributed by atoms with Crippen LogP contribution in [-0.4, -0.2) is 23.2 Å². The average Bonchev–Trinajstić information content (AvgIpc) is 1.87. The van der Waals surface area contributed by atoms with E-state index in [1.165, 1.54) is 6.92 Å². The molecule has 3 N–H and O–H groups in total. The third kappa shape index (κ3) is 2.34. The lowest BCUT2D eigenvalue weighted by Gasteiger charge is -2.07. The van der Waals surface area contributed by atoms with Gasteiger partial charge in [0.15, 0.2) is 0 Å². The lowest BCUT2D eigenvalue weighted by molar-refractivity contribution is -0.138. The van der Waals surface area contributed by atoms with Gasteiger partial charge in [-0.2, -0.15) is 0 Å². The quantitative estimate of drug-likeness (QED) is 0.332. The van der Waals surface area contributed by atoms with Crippen molar-refractivity contribution in [1.82, 2.24) is 0 Å². The molecule has 0 bridgehead atoms. The molecule has 10 heavy (non-hydrogen) atoms. The van der Waals surface area contributed by atoms with E-state index < -0.39 is 18.1 Å². The molecule has 0 unspecified atom stereocenters. The van der Waals surface area contributed by atoms with Crippen LogP contribution in [0.15, 0.2) is 5.11 Å². The Balaban J connectivity index is 4.06. The van der Waals surface area contributed by atoms with E-state index in [2.05, 4.69) is 10.0 Å². The van der Waals surface area contributed by atoms with Crippen molar-refractivity contribution < 1.29 is 9.90 Å². The van der Waals surface area contributed by atoms with Crippen LogP contribution in [0.1, 0.15) is 6.92 Å². The summed E-state index contributed by atoms with van der Waals surface area (Å²) in [7, 11) is 0. The standard InChI is InChI=1S/C4H8N4O2/c1-2(7-8-6)3(5)4(9)10/h2-3H,5H2,1H3,(H,9,10)/t2-,3-/m0/s1. The van der Waals surface area contributed by atoms with Gasteiger partial charge in [0.1, 0.15) is 6.04 Å². The first-order chi connectivity index (χ1) is 4.59. The third-order valence-corrected chi connectivity index (χ3v) is 1.04. The summed E-state index contributed by atoms with van der Waals surface area (Å²) in [6, 6.07) is -1.82. The van der Waals surface area contributed by atoms with Crippen LogP contribution < -0.4 is 5.73 Å². The number of hydrogen-bond donors (Lipinski definition) is 2. The highest BCUT2D eigenvalue weighted by molar-refractivity contribution is 5.74. The van der Waals surface area contributed by atoms with Gasteiger partial charge < -0.3 is 10.8 Å². The maximum atomic E-state index is 10.1. The maximum absolute atomic E-state index is 10.1. The molecular formula is C4H8N4O2. The molecule has 6 heteroatoms. The lowest BCUT2D eigenvalue weighted by Crippen LogP contribution is -2.38. The van der Waals surface area contributed by atoms with Crippen molar-refractivity contribution in [1.29, 1.82) is 0 Å². The monoisotopic (exact) mass is 144 g/mol. The van der Waals surface area contributed by atoms with Gasteiger partial charge in [-0.3, -0.25) is 4.79 Å². The largest absolute Gasteiger partial charge is 0.480 e. The Labute approximate surface area is 57.3 Å². The number of hydrogen-bond acceptors (Lipinski definition) is 3. The number of rotatable bonds is 3. The summed E-state index contributed by atoms with van der Waals surface area (Å²) in [5.74, 6) is -1.17. The molecule has 0 aliphatic heterocycles. The highest BCUT2D eigenvalue weighted by atomic mass is 16.4. The van der Waals surface area contributed by atoms with Gasteiger partial charge in [0.05, 0.1) is 6.04 Å². The molecule has 0 aliphatic carbocycles. The van der Waals surface area contributed by atoms with E-state index >= 15 is 0 Å². The molecule has 0 heterocycles. The Morgan fingerprint density at radius 3 is 2.70 bits per heavy atom. The van der Waals surface area contributed by atoms with Crippen LogP contribution in [-0.2, 0) is 4.79 Å². The fourth-order valence-electron chi connectivity index (χ4n) is 0.360.